The monoisotopic (exact) mass is 1010 g/mol. The van der Waals surface area contributed by atoms with Gasteiger partial charge < -0.3 is 45.3 Å². The summed E-state index contributed by atoms with van der Waals surface area (Å²) in [6.07, 6.45) is -1.40. The van der Waals surface area contributed by atoms with Crippen LogP contribution in [0.1, 0.15) is 66.9 Å². The van der Waals surface area contributed by atoms with Crippen LogP contribution in [0.25, 0.3) is 0 Å². The molecule has 65 heavy (non-hydrogen) atoms. The molecule has 0 aromatic heterocycles. The first-order chi connectivity index (χ1) is 31.4. The van der Waals surface area contributed by atoms with E-state index in [-0.39, 0.29) is 87.1 Å². The molecule has 0 aliphatic rings. The summed E-state index contributed by atoms with van der Waals surface area (Å²) in [4.78, 5) is 40.5. The predicted molar refractivity (Wildman–Crippen MR) is 263 cm³/mol. The highest BCUT2D eigenvalue weighted by atomic mass is 32.2. The van der Waals surface area contributed by atoms with Gasteiger partial charge in [-0.05, 0) is 61.3 Å². The first-order valence-corrected chi connectivity index (χ1v) is 27.6. The molecule has 0 bridgehead atoms. The van der Waals surface area contributed by atoms with Gasteiger partial charge in [0.25, 0.3) is 0 Å². The van der Waals surface area contributed by atoms with Crippen molar-refractivity contribution in [3.05, 3.63) is 59.2 Å². The minimum atomic E-state index is -4.46. The largest absolute Gasteiger partial charge is 0.492 e. The highest BCUT2D eigenvalue weighted by Crippen LogP contribution is 2.30. The summed E-state index contributed by atoms with van der Waals surface area (Å²) in [6, 6.07) is 9.45. The average molecular weight is 1020 g/mol. The van der Waals surface area contributed by atoms with Gasteiger partial charge >= 0.3 is 6.18 Å². The molecule has 0 saturated heterocycles. The van der Waals surface area contributed by atoms with Crippen LogP contribution >= 0.6 is 58.8 Å². The molecule has 0 radical (unpaired) electrons. The molecule has 0 heterocycles. The molecule has 2 amide bonds. The van der Waals surface area contributed by atoms with Crippen LogP contribution in [0, 0.1) is 5.92 Å². The van der Waals surface area contributed by atoms with Crippen molar-refractivity contribution in [3.8, 4) is 11.5 Å². The Kier molecular flexibility index (Phi) is 33.6. The van der Waals surface area contributed by atoms with Gasteiger partial charge in [-0.25, -0.2) is 0 Å². The zero-order chi connectivity index (χ0) is 47.5. The number of amides is 2. The molecule has 0 spiro atoms. The van der Waals surface area contributed by atoms with Crippen molar-refractivity contribution in [1.82, 2.24) is 10.6 Å². The fourth-order valence-electron chi connectivity index (χ4n) is 6.04. The van der Waals surface area contributed by atoms with Gasteiger partial charge in [0.2, 0.25) is 11.8 Å². The molecule has 0 aliphatic heterocycles. The number of Topliss-reactive ketones (excluding diaryl/α,β-unsaturated/α-hetero) is 1. The van der Waals surface area contributed by atoms with Gasteiger partial charge in [-0.15, -0.1) is 0 Å². The number of carbonyl (C=O) groups is 3. The molecule has 6 N–H and O–H groups in total. The van der Waals surface area contributed by atoms with Gasteiger partial charge in [-0.2, -0.15) is 72.0 Å². The maximum absolute atomic E-state index is 14.2. The number of alkyl halides is 3. The summed E-state index contributed by atoms with van der Waals surface area (Å²) >= 11 is 7.95. The molecular weight excluding hydrogens is 946 g/mol. The van der Waals surface area contributed by atoms with Crippen molar-refractivity contribution in [2.75, 3.05) is 112 Å². The Hall–Kier alpha value is -2.01. The van der Waals surface area contributed by atoms with Crippen molar-refractivity contribution < 1.29 is 62.2 Å². The Labute approximate surface area is 404 Å². The Morgan fingerprint density at radius 3 is 1.85 bits per heavy atom. The van der Waals surface area contributed by atoms with Gasteiger partial charge in [0.15, 0.2) is 5.78 Å². The number of hydrogen-bond donors (Lipinski definition) is 6. The Morgan fingerprint density at radius 2 is 1.29 bits per heavy atom. The number of benzene rings is 2. The first kappa shape index (κ1) is 59.1. The number of unbranched alkanes of at least 4 members (excludes halogenated alkanes) is 1. The van der Waals surface area contributed by atoms with Crippen molar-refractivity contribution in [2.24, 2.45) is 5.92 Å². The minimum absolute atomic E-state index is 0.00249. The van der Waals surface area contributed by atoms with E-state index in [9.17, 15) is 48.0 Å². The molecular formula is C45H69F3N2O10S5. The average Bonchev–Trinajstić information content (AvgIpc) is 3.29. The molecule has 0 aliphatic carbocycles. The number of carbonyl (C=O) groups excluding carboxylic acids is 3. The number of ether oxygens (including phenoxy) is 3. The third kappa shape index (κ3) is 28.2. The van der Waals surface area contributed by atoms with E-state index in [4.69, 9.17) is 14.2 Å². The zero-order valence-corrected chi connectivity index (χ0v) is 41.4. The van der Waals surface area contributed by atoms with Gasteiger partial charge in [0, 0.05) is 101 Å². The highest BCUT2D eigenvalue weighted by molar-refractivity contribution is 8.03. The maximum Gasteiger partial charge on any atom is 0.416 e. The molecule has 2 aromatic carbocycles. The van der Waals surface area contributed by atoms with Crippen LogP contribution in [-0.4, -0.2) is 160 Å². The van der Waals surface area contributed by atoms with E-state index in [1.807, 2.05) is 0 Å². The fourth-order valence-corrected chi connectivity index (χ4v) is 10.7. The molecule has 2 rings (SSSR count). The second kappa shape index (κ2) is 37.0. The standard InChI is InChI=1S/C45H69F3N2O10S5/c1-2-17-58-18-5-19-61-20-12-50-44(57)35(6-3-4-11-49-43(56)25-34-7-9-37(10-8-34)45(46,47)48)28-42(55)36-26-38(59-30-40(64-23-15-53)32-62-21-13-51)29-39(27-36)60-31-41(65-24-16-54)33-63-22-14-52/h7-10,26-27,29,35,40-41,51-54H,2-6,11-25,28,30-33H2,1H3,(H,49,56)(H,50,57). The van der Waals surface area contributed by atoms with Gasteiger partial charge in [-0.3, -0.25) is 14.4 Å². The van der Waals surface area contributed by atoms with Crippen LogP contribution in [0.5, 0.6) is 11.5 Å². The lowest BCUT2D eigenvalue weighted by atomic mass is 9.92. The molecule has 0 fully saturated rings. The Morgan fingerprint density at radius 1 is 0.692 bits per heavy atom. The van der Waals surface area contributed by atoms with Crippen LogP contribution < -0.4 is 20.1 Å². The van der Waals surface area contributed by atoms with Gasteiger partial charge in [-0.1, -0.05) is 25.5 Å². The number of aliphatic hydroxyl groups excluding tert-OH is 4. The number of ketones is 1. The van der Waals surface area contributed by atoms with Crippen LogP contribution in [0.4, 0.5) is 13.2 Å². The second-order valence-electron chi connectivity index (χ2n) is 14.8. The summed E-state index contributed by atoms with van der Waals surface area (Å²) in [7, 11) is 0. The first-order valence-electron chi connectivity index (χ1n) is 22.1. The van der Waals surface area contributed by atoms with Crippen LogP contribution in [-0.2, 0) is 26.9 Å². The van der Waals surface area contributed by atoms with Crippen molar-refractivity contribution >= 4 is 76.4 Å². The van der Waals surface area contributed by atoms with Crippen LogP contribution in [0.3, 0.4) is 0 Å². The van der Waals surface area contributed by atoms with E-state index < -0.39 is 17.7 Å². The highest BCUT2D eigenvalue weighted by Gasteiger charge is 2.30. The summed E-state index contributed by atoms with van der Waals surface area (Å²) < 4.78 is 56.9. The molecule has 370 valence electrons. The smallest absolute Gasteiger partial charge is 0.416 e. The third-order valence-electron chi connectivity index (χ3n) is 9.26. The van der Waals surface area contributed by atoms with Crippen molar-refractivity contribution in [1.29, 1.82) is 0 Å². The molecule has 20 heteroatoms. The molecule has 0 saturated carbocycles. The van der Waals surface area contributed by atoms with E-state index in [0.717, 1.165) is 37.3 Å². The van der Waals surface area contributed by atoms with E-state index in [1.54, 1.807) is 77.0 Å². The van der Waals surface area contributed by atoms with E-state index in [2.05, 4.69) is 17.6 Å². The number of thioether (sulfide) groups is 5. The molecule has 3 atom stereocenters. The minimum Gasteiger partial charge on any atom is -0.492 e. The SMILES string of the molecule is CCCOCCCSCCNC(=O)C(CCCCNC(=O)Cc1ccc(C(F)(F)F)cc1)CC(=O)c1cc(OCC(CSCCO)SCCO)cc(OCC(CSCCO)SCCO)c1. The lowest BCUT2D eigenvalue weighted by Gasteiger charge is -2.20. The van der Waals surface area contributed by atoms with Gasteiger partial charge in [0.1, 0.15) is 24.7 Å². The molecule has 3 unspecified atom stereocenters. The lowest BCUT2D eigenvalue weighted by molar-refractivity contribution is -0.137. The Bertz CT molecular complexity index is 1540. The summed E-state index contributed by atoms with van der Waals surface area (Å²) in [5, 5.41) is 43.3. The predicted octanol–water partition coefficient (Wildman–Crippen LogP) is 6.49. The number of nitrogens with one attached hydrogen (secondary N) is 2. The van der Waals surface area contributed by atoms with Crippen molar-refractivity contribution in [3.63, 3.8) is 0 Å². The summed E-state index contributed by atoms with van der Waals surface area (Å²) in [5.41, 5.74) is -0.0340. The number of aliphatic hydroxyl groups is 4. The van der Waals surface area contributed by atoms with E-state index in [1.165, 1.54) is 12.1 Å². The van der Waals surface area contributed by atoms with Gasteiger partial charge in [0.05, 0.1) is 38.4 Å². The van der Waals surface area contributed by atoms with E-state index >= 15 is 0 Å². The zero-order valence-electron chi connectivity index (χ0n) is 37.4. The lowest BCUT2D eigenvalue weighted by Crippen LogP contribution is -2.34. The summed E-state index contributed by atoms with van der Waals surface area (Å²) in [5.74, 6) is 4.29. The normalized spacial score (nSPS) is 13.0. The topological polar surface area (TPSA) is 184 Å². The summed E-state index contributed by atoms with van der Waals surface area (Å²) in [6.45, 7) is 4.81. The number of halogens is 3. The van der Waals surface area contributed by atoms with Crippen LogP contribution in [0.2, 0.25) is 0 Å². The quantitative estimate of drug-likeness (QED) is 0.0315. The van der Waals surface area contributed by atoms with Crippen LogP contribution in [0.15, 0.2) is 42.5 Å². The Balaban J connectivity index is 2.22. The van der Waals surface area contributed by atoms with Crippen molar-refractivity contribution in [2.45, 2.75) is 68.5 Å². The van der Waals surface area contributed by atoms with E-state index in [0.29, 0.717) is 95.3 Å². The maximum atomic E-state index is 14.2. The fraction of sp³-hybridized carbons (Fsp3) is 0.667. The number of hydrogen-bond acceptors (Lipinski definition) is 15. The number of rotatable bonds is 40. The molecule has 2 aromatic rings. The second-order valence-corrected chi connectivity index (χ2v) is 21.1. The molecule has 12 nitrogen and oxygen atoms in total. The third-order valence-corrected chi connectivity index (χ3v) is 15.4.